The van der Waals surface area contributed by atoms with Crippen molar-refractivity contribution in [3.05, 3.63) is 69.9 Å². The summed E-state index contributed by atoms with van der Waals surface area (Å²) in [6.07, 6.45) is 4.78. The van der Waals surface area contributed by atoms with Gasteiger partial charge in [0.25, 0.3) is 5.69 Å². The fourth-order valence-electron chi connectivity index (χ4n) is 2.12. The molecule has 1 heterocycles. The number of pyridine rings is 1. The summed E-state index contributed by atoms with van der Waals surface area (Å²) in [4.78, 5) is 26.9. The van der Waals surface area contributed by atoms with Crippen LogP contribution < -0.4 is 0 Å². The van der Waals surface area contributed by atoms with Gasteiger partial charge in [0.1, 0.15) is 11.6 Å². The van der Waals surface area contributed by atoms with Gasteiger partial charge >= 0.3 is 5.97 Å². The lowest BCUT2D eigenvalue weighted by Crippen LogP contribution is -2.07. The number of aromatic nitrogens is 1. The molecular formula is C18H18N2O5S2. The minimum atomic E-state index is -0.514. The summed E-state index contributed by atoms with van der Waals surface area (Å²) in [7, 11) is 2.96. The number of aliphatic hydroxyl groups excluding tert-OH is 1. The zero-order valence-corrected chi connectivity index (χ0v) is 15.9. The van der Waals surface area contributed by atoms with Crippen LogP contribution in [0.3, 0.4) is 0 Å². The quantitative estimate of drug-likeness (QED) is 0.209. The summed E-state index contributed by atoms with van der Waals surface area (Å²) >= 11 is 0. The first kappa shape index (κ1) is 20.9. The molecule has 0 radical (unpaired) electrons. The summed E-state index contributed by atoms with van der Waals surface area (Å²) < 4.78 is 5.18. The van der Waals surface area contributed by atoms with Crippen molar-refractivity contribution in [3.8, 4) is 0 Å². The van der Waals surface area contributed by atoms with Crippen LogP contribution in [0.5, 0.6) is 0 Å². The third-order valence-corrected chi connectivity index (χ3v) is 5.56. The minimum Gasteiger partial charge on any atom is -0.461 e. The standard InChI is InChI=1S/C18H18N2O5S2/c21-11-4-7-14-5-3-6-15(18(14)20(23)24)13-25-17(22)9-12-26-27-16-8-1-2-10-19-16/h1-8,10,21H,9,11-13H2/b7-4-. The van der Waals surface area contributed by atoms with Gasteiger partial charge in [-0.3, -0.25) is 14.9 Å². The maximum Gasteiger partial charge on any atom is 0.306 e. The maximum absolute atomic E-state index is 11.9. The van der Waals surface area contributed by atoms with E-state index < -0.39 is 10.9 Å². The zero-order chi connectivity index (χ0) is 19.5. The van der Waals surface area contributed by atoms with Gasteiger partial charge in [-0.1, -0.05) is 29.0 Å². The topological polar surface area (TPSA) is 103 Å². The van der Waals surface area contributed by atoms with Crippen molar-refractivity contribution in [2.24, 2.45) is 0 Å². The van der Waals surface area contributed by atoms with Crippen LogP contribution in [0.4, 0.5) is 5.69 Å². The van der Waals surface area contributed by atoms with Crippen LogP contribution >= 0.6 is 21.6 Å². The number of hydrogen-bond acceptors (Lipinski definition) is 8. The van der Waals surface area contributed by atoms with Gasteiger partial charge in [-0.05, 0) is 41.1 Å². The molecule has 0 amide bonds. The van der Waals surface area contributed by atoms with Crippen LogP contribution in [0.25, 0.3) is 6.08 Å². The fraction of sp³-hybridized carbons (Fsp3) is 0.222. The predicted molar refractivity (Wildman–Crippen MR) is 106 cm³/mol. The van der Waals surface area contributed by atoms with Crippen LogP contribution in [0.1, 0.15) is 17.5 Å². The third-order valence-electron chi connectivity index (χ3n) is 3.30. The number of aliphatic hydroxyl groups is 1. The van der Waals surface area contributed by atoms with Crippen molar-refractivity contribution in [1.82, 2.24) is 4.98 Å². The Morgan fingerprint density at radius 3 is 2.85 bits per heavy atom. The first-order valence-corrected chi connectivity index (χ1v) is 10.3. The molecule has 9 heteroatoms. The smallest absolute Gasteiger partial charge is 0.306 e. The molecule has 2 aromatic rings. The van der Waals surface area contributed by atoms with E-state index in [1.807, 2.05) is 18.2 Å². The second kappa shape index (κ2) is 11.4. The molecule has 27 heavy (non-hydrogen) atoms. The highest BCUT2D eigenvalue weighted by atomic mass is 33.1. The molecule has 0 saturated heterocycles. The number of nitro benzene ring substituents is 1. The number of nitrogens with zero attached hydrogens (tertiary/aromatic N) is 2. The fourth-order valence-corrected chi connectivity index (χ4v) is 3.97. The number of hydrogen-bond donors (Lipinski definition) is 1. The van der Waals surface area contributed by atoms with E-state index in [0.29, 0.717) is 16.9 Å². The van der Waals surface area contributed by atoms with Crippen LogP contribution in [0, 0.1) is 10.1 Å². The van der Waals surface area contributed by atoms with Gasteiger partial charge in [-0.15, -0.1) is 0 Å². The number of rotatable bonds is 10. The summed E-state index contributed by atoms with van der Waals surface area (Å²) in [5.74, 6) is 0.122. The third kappa shape index (κ3) is 7.05. The Hall–Kier alpha value is -2.36. The molecule has 142 valence electrons. The number of benzene rings is 1. The molecule has 0 aliphatic rings. The number of ether oxygens (including phenoxy) is 1. The van der Waals surface area contributed by atoms with E-state index in [1.54, 1.807) is 24.4 Å². The van der Waals surface area contributed by atoms with Gasteiger partial charge < -0.3 is 9.84 Å². The highest BCUT2D eigenvalue weighted by molar-refractivity contribution is 8.76. The molecule has 7 nitrogen and oxygen atoms in total. The monoisotopic (exact) mass is 406 g/mol. The zero-order valence-electron chi connectivity index (χ0n) is 14.3. The van der Waals surface area contributed by atoms with Crippen molar-refractivity contribution in [2.75, 3.05) is 12.4 Å². The minimum absolute atomic E-state index is 0.130. The number of carbonyl (C=O) groups is 1. The molecule has 0 fully saturated rings. The molecule has 1 aromatic carbocycles. The first-order chi connectivity index (χ1) is 13.1. The molecule has 0 bridgehead atoms. The molecule has 0 aliphatic heterocycles. The Balaban J connectivity index is 1.85. The van der Waals surface area contributed by atoms with E-state index in [1.165, 1.54) is 33.7 Å². The Morgan fingerprint density at radius 1 is 1.30 bits per heavy atom. The first-order valence-electron chi connectivity index (χ1n) is 8.01. The average molecular weight is 406 g/mol. The number of carbonyl (C=O) groups excluding carboxylic acids is 1. The van der Waals surface area contributed by atoms with Crippen LogP contribution in [0.15, 0.2) is 53.7 Å². The lowest BCUT2D eigenvalue weighted by molar-refractivity contribution is -0.386. The van der Waals surface area contributed by atoms with Gasteiger partial charge in [0, 0.05) is 11.9 Å². The molecule has 1 aromatic heterocycles. The normalized spacial score (nSPS) is 10.9. The van der Waals surface area contributed by atoms with Crippen LogP contribution in [-0.2, 0) is 16.1 Å². The van der Waals surface area contributed by atoms with Gasteiger partial charge in [-0.2, -0.15) is 0 Å². The van der Waals surface area contributed by atoms with Crippen molar-refractivity contribution >= 4 is 39.3 Å². The van der Waals surface area contributed by atoms with Crippen molar-refractivity contribution in [3.63, 3.8) is 0 Å². The molecule has 2 rings (SSSR count). The van der Waals surface area contributed by atoms with E-state index in [-0.39, 0.29) is 25.3 Å². The lowest BCUT2D eigenvalue weighted by Gasteiger charge is -2.07. The lowest BCUT2D eigenvalue weighted by atomic mass is 10.1. The van der Waals surface area contributed by atoms with Gasteiger partial charge in [0.15, 0.2) is 0 Å². The highest BCUT2D eigenvalue weighted by Crippen LogP contribution is 2.29. The molecule has 0 unspecified atom stereocenters. The summed E-state index contributed by atoms with van der Waals surface area (Å²) in [5, 5.41) is 21.1. The second-order valence-corrected chi connectivity index (χ2v) is 7.62. The van der Waals surface area contributed by atoms with Gasteiger partial charge in [0.05, 0.1) is 29.1 Å². The molecule has 0 aliphatic carbocycles. The Kier molecular flexibility index (Phi) is 8.82. The summed E-state index contributed by atoms with van der Waals surface area (Å²) in [6, 6.07) is 10.4. The summed E-state index contributed by atoms with van der Waals surface area (Å²) in [6.45, 7) is -0.390. The van der Waals surface area contributed by atoms with E-state index in [4.69, 9.17) is 9.84 Å². The Bertz CT molecular complexity index is 800. The largest absolute Gasteiger partial charge is 0.461 e. The Morgan fingerprint density at radius 2 is 2.15 bits per heavy atom. The van der Waals surface area contributed by atoms with Crippen molar-refractivity contribution < 1.29 is 19.6 Å². The SMILES string of the molecule is O=C(CCSSc1ccccn1)OCc1cccc(/C=C\CO)c1[N+](=O)[O-]. The molecule has 0 saturated carbocycles. The van der Waals surface area contributed by atoms with Gasteiger partial charge in [-0.25, -0.2) is 4.98 Å². The van der Waals surface area contributed by atoms with E-state index in [0.717, 1.165) is 5.03 Å². The molecule has 1 N–H and O–H groups in total. The predicted octanol–water partition coefficient (Wildman–Crippen LogP) is 3.87. The summed E-state index contributed by atoms with van der Waals surface area (Å²) in [5.41, 5.74) is 0.531. The van der Waals surface area contributed by atoms with E-state index in [2.05, 4.69) is 4.98 Å². The number of esters is 1. The van der Waals surface area contributed by atoms with Gasteiger partial charge in [0.2, 0.25) is 0 Å². The van der Waals surface area contributed by atoms with Crippen LogP contribution in [-0.4, -0.2) is 33.3 Å². The number of nitro groups is 1. The molecule has 0 spiro atoms. The molecule has 0 atom stereocenters. The average Bonchev–Trinajstić information content (AvgIpc) is 2.68. The van der Waals surface area contributed by atoms with Crippen molar-refractivity contribution in [2.45, 2.75) is 18.1 Å². The molecular weight excluding hydrogens is 388 g/mol. The van der Waals surface area contributed by atoms with E-state index >= 15 is 0 Å². The Labute approximate surface area is 164 Å². The number of para-hydroxylation sites is 1. The van der Waals surface area contributed by atoms with Crippen molar-refractivity contribution in [1.29, 1.82) is 0 Å². The highest BCUT2D eigenvalue weighted by Gasteiger charge is 2.19. The van der Waals surface area contributed by atoms with E-state index in [9.17, 15) is 14.9 Å². The van der Waals surface area contributed by atoms with Crippen LogP contribution in [0.2, 0.25) is 0 Å². The second-order valence-electron chi connectivity index (χ2n) is 5.18. The maximum atomic E-state index is 11.9.